The van der Waals surface area contributed by atoms with Crippen LogP contribution in [0.2, 0.25) is 0 Å². The smallest absolute Gasteiger partial charge is 0.255 e. The number of rotatable bonds is 8. The molecule has 154 valence electrons. The van der Waals surface area contributed by atoms with Gasteiger partial charge in [-0.2, -0.15) is 0 Å². The second-order valence-corrected chi connectivity index (χ2v) is 7.89. The van der Waals surface area contributed by atoms with Crippen molar-refractivity contribution in [2.75, 3.05) is 23.5 Å². The zero-order valence-corrected chi connectivity index (χ0v) is 17.3. The molecule has 7 nitrogen and oxygen atoms in total. The fraction of sp³-hybridized carbons (Fsp3) is 0.227. The second-order valence-electron chi connectivity index (χ2n) is 6.95. The van der Waals surface area contributed by atoms with E-state index < -0.39 is 0 Å². The number of aromatic nitrogens is 2. The summed E-state index contributed by atoms with van der Waals surface area (Å²) in [5.74, 6) is 0.674. The Hall–Kier alpha value is -3.26. The van der Waals surface area contributed by atoms with Gasteiger partial charge in [-0.25, -0.2) is 4.98 Å². The molecule has 1 fully saturated rings. The molecule has 3 aromatic rings. The molecule has 0 spiro atoms. The third kappa shape index (κ3) is 5.01. The van der Waals surface area contributed by atoms with Crippen LogP contribution in [0.3, 0.4) is 0 Å². The van der Waals surface area contributed by atoms with Crippen LogP contribution in [0.1, 0.15) is 29.2 Å². The number of amides is 2. The largest absolute Gasteiger partial charge is 0.497 e. The van der Waals surface area contributed by atoms with Crippen LogP contribution in [0.25, 0.3) is 0 Å². The SMILES string of the molecule is COc1ccc(NC(=O)c2ccc(NC(=O)CSc3nccn3C3CC3)cc2)cc1. The van der Waals surface area contributed by atoms with Crippen LogP contribution in [-0.2, 0) is 4.79 Å². The first kappa shape index (κ1) is 20.0. The van der Waals surface area contributed by atoms with E-state index in [4.69, 9.17) is 4.74 Å². The van der Waals surface area contributed by atoms with Crippen molar-refractivity contribution >= 4 is 35.0 Å². The monoisotopic (exact) mass is 422 g/mol. The first-order valence-corrected chi connectivity index (χ1v) is 10.6. The number of methoxy groups -OCH3 is 1. The summed E-state index contributed by atoms with van der Waals surface area (Å²) in [6.07, 6.45) is 6.09. The molecule has 1 aromatic heterocycles. The van der Waals surface area contributed by atoms with E-state index in [2.05, 4.69) is 20.2 Å². The molecule has 4 rings (SSSR count). The Labute approximate surface area is 178 Å². The predicted octanol–water partition coefficient (Wildman–Crippen LogP) is 4.21. The van der Waals surface area contributed by atoms with Crippen molar-refractivity contribution in [3.05, 3.63) is 66.5 Å². The fourth-order valence-corrected chi connectivity index (χ4v) is 3.78. The van der Waals surface area contributed by atoms with Crippen LogP contribution in [-0.4, -0.2) is 34.2 Å². The second kappa shape index (κ2) is 9.04. The molecule has 1 saturated carbocycles. The molecule has 0 unspecified atom stereocenters. The van der Waals surface area contributed by atoms with Gasteiger partial charge in [0, 0.05) is 35.4 Å². The van der Waals surface area contributed by atoms with E-state index in [0.29, 0.717) is 23.0 Å². The third-order valence-corrected chi connectivity index (χ3v) is 5.67. The fourth-order valence-electron chi connectivity index (χ4n) is 2.95. The molecular formula is C22H22N4O3S. The number of thioether (sulfide) groups is 1. The number of benzene rings is 2. The number of carbonyl (C=O) groups excluding carboxylic acids is 2. The highest BCUT2D eigenvalue weighted by molar-refractivity contribution is 7.99. The number of hydrogen-bond donors (Lipinski definition) is 2. The standard InChI is InChI=1S/C22H22N4O3S/c1-29-19-10-6-17(7-11-19)25-21(28)15-2-4-16(5-3-15)24-20(27)14-30-22-23-12-13-26(22)18-8-9-18/h2-7,10-13,18H,8-9,14H2,1H3,(H,24,27)(H,25,28). The molecule has 0 bridgehead atoms. The average molecular weight is 423 g/mol. The van der Waals surface area contributed by atoms with Gasteiger partial charge >= 0.3 is 0 Å². The molecule has 2 N–H and O–H groups in total. The van der Waals surface area contributed by atoms with Crippen molar-refractivity contribution in [2.24, 2.45) is 0 Å². The number of imidazole rings is 1. The Morgan fingerprint density at radius 1 is 1.07 bits per heavy atom. The van der Waals surface area contributed by atoms with Crippen LogP contribution < -0.4 is 15.4 Å². The summed E-state index contributed by atoms with van der Waals surface area (Å²) in [6.45, 7) is 0. The van der Waals surface area contributed by atoms with E-state index in [0.717, 1.165) is 10.9 Å². The van der Waals surface area contributed by atoms with Crippen LogP contribution >= 0.6 is 11.8 Å². The predicted molar refractivity (Wildman–Crippen MR) is 117 cm³/mol. The zero-order valence-electron chi connectivity index (χ0n) is 16.5. The van der Waals surface area contributed by atoms with Gasteiger partial charge in [-0.1, -0.05) is 11.8 Å². The van der Waals surface area contributed by atoms with Crippen molar-refractivity contribution in [3.8, 4) is 5.75 Å². The number of anilines is 2. The summed E-state index contributed by atoms with van der Waals surface area (Å²) in [5, 5.41) is 6.56. The summed E-state index contributed by atoms with van der Waals surface area (Å²) in [7, 11) is 1.59. The minimum absolute atomic E-state index is 0.110. The lowest BCUT2D eigenvalue weighted by atomic mass is 10.2. The lowest BCUT2D eigenvalue weighted by molar-refractivity contribution is -0.113. The van der Waals surface area contributed by atoms with Gasteiger partial charge in [0.25, 0.3) is 5.91 Å². The van der Waals surface area contributed by atoms with Gasteiger partial charge in [0.15, 0.2) is 5.16 Å². The van der Waals surface area contributed by atoms with E-state index in [1.54, 1.807) is 61.8 Å². The lowest BCUT2D eigenvalue weighted by Crippen LogP contribution is -2.15. The summed E-state index contributed by atoms with van der Waals surface area (Å²) in [4.78, 5) is 29.0. The van der Waals surface area contributed by atoms with E-state index in [1.807, 2.05) is 6.20 Å². The van der Waals surface area contributed by atoms with Crippen LogP contribution in [0, 0.1) is 0 Å². The Morgan fingerprint density at radius 3 is 2.40 bits per heavy atom. The molecule has 2 aromatic carbocycles. The first-order valence-electron chi connectivity index (χ1n) is 9.63. The maximum absolute atomic E-state index is 12.4. The molecule has 1 heterocycles. The van der Waals surface area contributed by atoms with Gasteiger partial charge in [-0.05, 0) is 61.4 Å². The summed E-state index contributed by atoms with van der Waals surface area (Å²) < 4.78 is 7.24. The maximum atomic E-state index is 12.4. The first-order chi connectivity index (χ1) is 14.6. The Kier molecular flexibility index (Phi) is 6.04. The minimum atomic E-state index is -0.222. The highest BCUT2D eigenvalue weighted by Crippen LogP contribution is 2.37. The molecule has 0 saturated heterocycles. The van der Waals surface area contributed by atoms with Crippen molar-refractivity contribution in [1.82, 2.24) is 9.55 Å². The molecule has 0 atom stereocenters. The normalized spacial score (nSPS) is 13.0. The number of hydrogen-bond acceptors (Lipinski definition) is 5. The summed E-state index contributed by atoms with van der Waals surface area (Å²) in [5.41, 5.74) is 1.83. The van der Waals surface area contributed by atoms with Gasteiger partial charge in [-0.15, -0.1) is 0 Å². The van der Waals surface area contributed by atoms with Crippen LogP contribution in [0.4, 0.5) is 11.4 Å². The highest BCUT2D eigenvalue weighted by Gasteiger charge is 2.25. The van der Waals surface area contributed by atoms with Gasteiger partial charge in [-0.3, -0.25) is 9.59 Å². The van der Waals surface area contributed by atoms with Gasteiger partial charge < -0.3 is 19.9 Å². The number of nitrogens with zero attached hydrogens (tertiary/aromatic N) is 2. The molecule has 0 radical (unpaired) electrons. The Bertz CT molecular complexity index is 1030. The zero-order chi connectivity index (χ0) is 20.9. The number of ether oxygens (including phenoxy) is 1. The molecule has 2 amide bonds. The van der Waals surface area contributed by atoms with Gasteiger partial charge in [0.05, 0.1) is 12.9 Å². The molecule has 30 heavy (non-hydrogen) atoms. The number of carbonyl (C=O) groups is 2. The van der Waals surface area contributed by atoms with Crippen LogP contribution in [0.15, 0.2) is 66.1 Å². The van der Waals surface area contributed by atoms with Gasteiger partial charge in [0.1, 0.15) is 5.75 Å². The summed E-state index contributed by atoms with van der Waals surface area (Å²) >= 11 is 1.43. The molecule has 1 aliphatic rings. The third-order valence-electron chi connectivity index (χ3n) is 4.68. The Morgan fingerprint density at radius 2 is 1.73 bits per heavy atom. The molecular weight excluding hydrogens is 400 g/mol. The average Bonchev–Trinajstić information content (AvgIpc) is 3.50. The van der Waals surface area contributed by atoms with E-state index in [1.165, 1.54) is 24.6 Å². The van der Waals surface area contributed by atoms with E-state index in [9.17, 15) is 9.59 Å². The number of nitrogens with one attached hydrogen (secondary N) is 2. The topological polar surface area (TPSA) is 85.2 Å². The molecule has 8 heteroatoms. The van der Waals surface area contributed by atoms with Gasteiger partial charge in [0.2, 0.25) is 5.91 Å². The maximum Gasteiger partial charge on any atom is 0.255 e. The Balaban J connectivity index is 1.28. The van der Waals surface area contributed by atoms with Crippen molar-refractivity contribution in [2.45, 2.75) is 24.0 Å². The minimum Gasteiger partial charge on any atom is -0.497 e. The van der Waals surface area contributed by atoms with E-state index >= 15 is 0 Å². The van der Waals surface area contributed by atoms with Crippen molar-refractivity contribution < 1.29 is 14.3 Å². The quantitative estimate of drug-likeness (QED) is 0.531. The highest BCUT2D eigenvalue weighted by atomic mass is 32.2. The van der Waals surface area contributed by atoms with E-state index in [-0.39, 0.29) is 17.6 Å². The molecule has 0 aliphatic heterocycles. The van der Waals surface area contributed by atoms with Crippen molar-refractivity contribution in [1.29, 1.82) is 0 Å². The molecule has 1 aliphatic carbocycles. The summed E-state index contributed by atoms with van der Waals surface area (Å²) in [6, 6.07) is 14.5. The van der Waals surface area contributed by atoms with Crippen molar-refractivity contribution in [3.63, 3.8) is 0 Å². The lowest BCUT2D eigenvalue weighted by Gasteiger charge is -2.09. The van der Waals surface area contributed by atoms with Crippen LogP contribution in [0.5, 0.6) is 5.75 Å².